The van der Waals surface area contributed by atoms with Crippen LogP contribution in [0.25, 0.3) is 0 Å². The van der Waals surface area contributed by atoms with Gasteiger partial charge in [-0.25, -0.2) is 9.97 Å². The van der Waals surface area contributed by atoms with E-state index < -0.39 is 0 Å². The Hall–Kier alpha value is -1.40. The van der Waals surface area contributed by atoms with Crippen molar-refractivity contribution in [3.63, 3.8) is 0 Å². The van der Waals surface area contributed by atoms with Crippen molar-refractivity contribution in [2.75, 3.05) is 45.1 Å². The lowest BCUT2D eigenvalue weighted by molar-refractivity contribution is 0.151. The molecule has 21 heavy (non-hydrogen) atoms. The molecule has 0 aliphatic carbocycles. The molecule has 2 heterocycles. The number of anilines is 1. The highest BCUT2D eigenvalue weighted by Gasteiger charge is 2.17. The average Bonchev–Trinajstić information content (AvgIpc) is 2.43. The molecule has 1 aliphatic heterocycles. The van der Waals surface area contributed by atoms with E-state index in [9.17, 15) is 0 Å². The van der Waals surface area contributed by atoms with E-state index in [2.05, 4.69) is 39.1 Å². The Kier molecular flexibility index (Phi) is 5.76. The quantitative estimate of drug-likeness (QED) is 0.853. The van der Waals surface area contributed by atoms with Gasteiger partial charge < -0.3 is 15.0 Å². The van der Waals surface area contributed by atoms with Crippen LogP contribution in [0.15, 0.2) is 12.4 Å². The summed E-state index contributed by atoms with van der Waals surface area (Å²) in [4.78, 5) is 13.5. The highest BCUT2D eigenvalue weighted by molar-refractivity contribution is 5.45. The van der Waals surface area contributed by atoms with Gasteiger partial charge >= 0.3 is 0 Å². The summed E-state index contributed by atoms with van der Waals surface area (Å²) >= 11 is 0. The summed E-state index contributed by atoms with van der Waals surface area (Å²) in [5, 5.41) is 3.42. The summed E-state index contributed by atoms with van der Waals surface area (Å²) in [5.74, 6) is 1.31. The summed E-state index contributed by atoms with van der Waals surface area (Å²) in [6, 6.07) is 0.305. The Morgan fingerprint density at radius 3 is 2.48 bits per heavy atom. The third-order valence-electron chi connectivity index (χ3n) is 3.52. The van der Waals surface area contributed by atoms with Crippen molar-refractivity contribution < 1.29 is 4.74 Å². The Morgan fingerprint density at radius 1 is 1.14 bits per heavy atom. The van der Waals surface area contributed by atoms with E-state index in [4.69, 9.17) is 4.74 Å². The van der Waals surface area contributed by atoms with E-state index >= 15 is 0 Å². The second-order valence-corrected chi connectivity index (χ2v) is 6.03. The third-order valence-corrected chi connectivity index (χ3v) is 3.52. The molecule has 0 radical (unpaired) electrons. The second kappa shape index (κ2) is 7.56. The van der Waals surface area contributed by atoms with Crippen LogP contribution < -0.4 is 10.1 Å². The molecule has 0 aromatic carbocycles. The van der Waals surface area contributed by atoms with Gasteiger partial charge in [-0.1, -0.05) is 0 Å². The maximum Gasteiger partial charge on any atom is 0.257 e. The minimum atomic E-state index is 0.0928. The van der Waals surface area contributed by atoms with Crippen molar-refractivity contribution in [2.45, 2.75) is 32.9 Å². The highest BCUT2D eigenvalue weighted by Crippen LogP contribution is 2.19. The maximum atomic E-state index is 5.69. The van der Waals surface area contributed by atoms with E-state index in [1.165, 1.54) is 0 Å². The normalized spacial score (nSPS) is 18.7. The summed E-state index contributed by atoms with van der Waals surface area (Å²) in [6.07, 6.45) is 3.45. The molecular weight excluding hydrogens is 266 g/mol. The number of rotatable bonds is 6. The van der Waals surface area contributed by atoms with Gasteiger partial charge in [0.25, 0.3) is 5.88 Å². The fraction of sp³-hybridized carbons (Fsp3) is 0.733. The number of nitrogens with one attached hydrogen (secondary N) is 1. The van der Waals surface area contributed by atoms with Gasteiger partial charge in [0.15, 0.2) is 5.82 Å². The fourth-order valence-corrected chi connectivity index (χ4v) is 2.43. The summed E-state index contributed by atoms with van der Waals surface area (Å²) in [6.45, 7) is 11.7. The zero-order valence-electron chi connectivity index (χ0n) is 13.5. The number of hydrogen-bond donors (Lipinski definition) is 1. The van der Waals surface area contributed by atoms with Crippen LogP contribution in [0.4, 0.5) is 5.82 Å². The van der Waals surface area contributed by atoms with E-state index in [1.807, 2.05) is 13.8 Å². The molecule has 0 amide bonds. The molecule has 0 saturated carbocycles. The first-order valence-electron chi connectivity index (χ1n) is 7.69. The van der Waals surface area contributed by atoms with Gasteiger partial charge in [-0.3, -0.25) is 4.90 Å². The Morgan fingerprint density at radius 2 is 1.81 bits per heavy atom. The van der Waals surface area contributed by atoms with Crippen molar-refractivity contribution in [1.29, 1.82) is 0 Å². The topological polar surface area (TPSA) is 53.5 Å². The number of aromatic nitrogens is 2. The van der Waals surface area contributed by atoms with Crippen LogP contribution in [-0.4, -0.2) is 71.7 Å². The Bertz CT molecular complexity index is 432. The minimum absolute atomic E-state index is 0.0928. The van der Waals surface area contributed by atoms with Gasteiger partial charge in [0.2, 0.25) is 0 Å². The molecule has 1 atom stereocenters. The van der Waals surface area contributed by atoms with Gasteiger partial charge in [0.1, 0.15) is 0 Å². The van der Waals surface area contributed by atoms with Crippen molar-refractivity contribution in [3.8, 4) is 5.88 Å². The number of likely N-dealkylation sites (N-methyl/N-ethyl adjacent to an activating group) is 1. The lowest BCUT2D eigenvalue weighted by Crippen LogP contribution is -2.47. The van der Waals surface area contributed by atoms with Gasteiger partial charge in [-0.15, -0.1) is 0 Å². The average molecular weight is 293 g/mol. The first kappa shape index (κ1) is 16.0. The van der Waals surface area contributed by atoms with Crippen LogP contribution in [0.3, 0.4) is 0 Å². The Labute approximate surface area is 127 Å². The molecule has 0 spiro atoms. The molecule has 6 heteroatoms. The molecule has 6 nitrogen and oxygen atoms in total. The van der Waals surface area contributed by atoms with Crippen LogP contribution in [0.1, 0.15) is 20.8 Å². The zero-order valence-corrected chi connectivity index (χ0v) is 13.5. The largest absolute Gasteiger partial charge is 0.472 e. The van der Waals surface area contributed by atoms with Gasteiger partial charge in [0.05, 0.1) is 6.10 Å². The van der Waals surface area contributed by atoms with E-state index in [0.717, 1.165) is 38.5 Å². The number of ether oxygens (including phenoxy) is 1. The first-order chi connectivity index (χ1) is 10.0. The molecule has 1 unspecified atom stereocenters. The van der Waals surface area contributed by atoms with Gasteiger partial charge in [-0.2, -0.15) is 0 Å². The van der Waals surface area contributed by atoms with Gasteiger partial charge in [0, 0.05) is 51.2 Å². The van der Waals surface area contributed by atoms with Crippen LogP contribution in [0.5, 0.6) is 5.88 Å². The predicted molar refractivity (Wildman–Crippen MR) is 84.8 cm³/mol. The first-order valence-corrected chi connectivity index (χ1v) is 7.69. The second-order valence-electron chi connectivity index (χ2n) is 6.03. The van der Waals surface area contributed by atoms with Crippen molar-refractivity contribution in [2.24, 2.45) is 0 Å². The monoisotopic (exact) mass is 293 g/mol. The molecule has 1 N–H and O–H groups in total. The van der Waals surface area contributed by atoms with Crippen molar-refractivity contribution >= 4 is 5.82 Å². The van der Waals surface area contributed by atoms with E-state index in [0.29, 0.717) is 11.9 Å². The highest BCUT2D eigenvalue weighted by atomic mass is 16.5. The van der Waals surface area contributed by atoms with E-state index in [-0.39, 0.29) is 6.10 Å². The molecular formula is C15H27N5O. The molecule has 0 bridgehead atoms. The predicted octanol–water partition coefficient (Wildman–Crippen LogP) is 1.31. The van der Waals surface area contributed by atoms with E-state index in [1.54, 1.807) is 12.4 Å². The van der Waals surface area contributed by atoms with Crippen LogP contribution in [-0.2, 0) is 0 Å². The lowest BCUT2D eigenvalue weighted by atomic mass is 10.2. The number of nitrogens with zero attached hydrogens (tertiary/aromatic N) is 4. The molecule has 1 aromatic rings. The SMILES string of the molecule is CC(CN1CCN(C)CC1)Nc1nccnc1OC(C)C. The zero-order chi connectivity index (χ0) is 15.2. The Balaban J connectivity index is 1.88. The summed E-state index contributed by atoms with van der Waals surface area (Å²) < 4.78 is 5.69. The minimum Gasteiger partial charge on any atom is -0.472 e. The third kappa shape index (κ3) is 5.13. The summed E-state index contributed by atoms with van der Waals surface area (Å²) in [5.41, 5.74) is 0. The molecule has 118 valence electrons. The molecule has 1 aliphatic rings. The molecule has 1 saturated heterocycles. The number of hydrogen-bond acceptors (Lipinski definition) is 6. The lowest BCUT2D eigenvalue weighted by Gasteiger charge is -2.34. The standard InChI is InChI=1S/C15H27N5O/c1-12(2)21-15-14(16-5-6-17-15)18-13(3)11-20-9-7-19(4)8-10-20/h5-6,12-13H,7-11H2,1-4H3,(H,16,18). The van der Waals surface area contributed by atoms with Crippen LogP contribution in [0, 0.1) is 0 Å². The molecule has 2 rings (SSSR count). The van der Waals surface area contributed by atoms with Crippen molar-refractivity contribution in [1.82, 2.24) is 19.8 Å². The molecule has 1 aromatic heterocycles. The maximum absolute atomic E-state index is 5.69. The van der Waals surface area contributed by atoms with Crippen molar-refractivity contribution in [3.05, 3.63) is 12.4 Å². The number of piperazine rings is 1. The van der Waals surface area contributed by atoms with Gasteiger partial charge in [-0.05, 0) is 27.8 Å². The van der Waals surface area contributed by atoms with Crippen LogP contribution in [0.2, 0.25) is 0 Å². The molecule has 1 fully saturated rings. The smallest absolute Gasteiger partial charge is 0.257 e. The summed E-state index contributed by atoms with van der Waals surface area (Å²) in [7, 11) is 2.17. The fourth-order valence-electron chi connectivity index (χ4n) is 2.43. The van der Waals surface area contributed by atoms with Crippen LogP contribution >= 0.6 is 0 Å².